The number of aryl methyl sites for hydroxylation is 2. The highest BCUT2D eigenvalue weighted by Crippen LogP contribution is 2.24. The molecule has 1 aromatic heterocycles. The quantitative estimate of drug-likeness (QED) is 0.618. The molecule has 1 N–H and O–H groups in total. The third kappa shape index (κ3) is 3.73. The van der Waals surface area contributed by atoms with E-state index in [1.54, 1.807) is 0 Å². The van der Waals surface area contributed by atoms with E-state index in [-0.39, 0.29) is 5.78 Å². The summed E-state index contributed by atoms with van der Waals surface area (Å²) in [4.78, 5) is 17.9. The lowest BCUT2D eigenvalue weighted by atomic mass is 10.0. The largest absolute Gasteiger partial charge is 0.358 e. The van der Waals surface area contributed by atoms with Gasteiger partial charge in [-0.3, -0.25) is 4.79 Å². The molecule has 21 heavy (non-hydrogen) atoms. The fourth-order valence-corrected chi connectivity index (χ4v) is 2.87. The van der Waals surface area contributed by atoms with Gasteiger partial charge in [0, 0.05) is 28.6 Å². The first-order valence-corrected chi connectivity index (χ1v) is 7.82. The SMILES string of the molecule is CCc1c(C)[nH]c2ccc(C(=O)CCCCN(C)C)cc12. The van der Waals surface area contributed by atoms with Crippen LogP contribution in [0.2, 0.25) is 0 Å². The minimum Gasteiger partial charge on any atom is -0.358 e. The lowest BCUT2D eigenvalue weighted by Gasteiger charge is -2.08. The maximum absolute atomic E-state index is 12.3. The number of Topliss-reactive ketones (excluding diaryl/α,β-unsaturated/α-hetero) is 1. The highest BCUT2D eigenvalue weighted by atomic mass is 16.1. The van der Waals surface area contributed by atoms with E-state index in [4.69, 9.17) is 0 Å². The molecule has 0 aliphatic carbocycles. The second-order valence-electron chi connectivity index (χ2n) is 6.03. The van der Waals surface area contributed by atoms with Crippen LogP contribution in [0.3, 0.4) is 0 Å². The van der Waals surface area contributed by atoms with E-state index in [0.29, 0.717) is 6.42 Å². The lowest BCUT2D eigenvalue weighted by molar-refractivity contribution is 0.0978. The van der Waals surface area contributed by atoms with E-state index < -0.39 is 0 Å². The number of aromatic amines is 1. The van der Waals surface area contributed by atoms with Gasteiger partial charge in [-0.15, -0.1) is 0 Å². The van der Waals surface area contributed by atoms with Gasteiger partial charge in [-0.2, -0.15) is 0 Å². The highest BCUT2D eigenvalue weighted by Gasteiger charge is 2.11. The number of hydrogen-bond donors (Lipinski definition) is 1. The molecule has 1 heterocycles. The second-order valence-corrected chi connectivity index (χ2v) is 6.03. The molecular weight excluding hydrogens is 260 g/mol. The number of carbonyl (C=O) groups is 1. The van der Waals surface area contributed by atoms with Gasteiger partial charge in [-0.25, -0.2) is 0 Å². The van der Waals surface area contributed by atoms with Gasteiger partial charge in [0.05, 0.1) is 0 Å². The highest BCUT2D eigenvalue weighted by molar-refractivity contribution is 6.00. The van der Waals surface area contributed by atoms with Crippen molar-refractivity contribution >= 4 is 16.7 Å². The van der Waals surface area contributed by atoms with Crippen LogP contribution in [0.1, 0.15) is 47.8 Å². The first-order chi connectivity index (χ1) is 10.0. The van der Waals surface area contributed by atoms with E-state index in [2.05, 4.69) is 43.9 Å². The summed E-state index contributed by atoms with van der Waals surface area (Å²) >= 11 is 0. The monoisotopic (exact) mass is 286 g/mol. The summed E-state index contributed by atoms with van der Waals surface area (Å²) in [5, 5.41) is 1.20. The Morgan fingerprint density at radius 2 is 2.00 bits per heavy atom. The summed E-state index contributed by atoms with van der Waals surface area (Å²) in [5.41, 5.74) is 4.52. The molecule has 0 saturated heterocycles. The van der Waals surface area contributed by atoms with Crippen LogP contribution in [0, 0.1) is 6.92 Å². The van der Waals surface area contributed by atoms with E-state index >= 15 is 0 Å². The summed E-state index contributed by atoms with van der Waals surface area (Å²) in [5.74, 6) is 0.261. The Bertz CT molecular complexity index is 625. The zero-order chi connectivity index (χ0) is 15.4. The van der Waals surface area contributed by atoms with Crippen molar-refractivity contribution in [1.29, 1.82) is 0 Å². The van der Waals surface area contributed by atoms with Crippen LogP contribution in [0.4, 0.5) is 0 Å². The minimum absolute atomic E-state index is 0.261. The maximum atomic E-state index is 12.3. The number of aromatic nitrogens is 1. The Hall–Kier alpha value is -1.61. The number of rotatable bonds is 7. The molecule has 0 bridgehead atoms. The zero-order valence-corrected chi connectivity index (χ0v) is 13.6. The van der Waals surface area contributed by atoms with Crippen LogP contribution in [0.15, 0.2) is 18.2 Å². The Kier molecular flexibility index (Phi) is 5.18. The summed E-state index contributed by atoms with van der Waals surface area (Å²) in [7, 11) is 4.13. The zero-order valence-electron chi connectivity index (χ0n) is 13.6. The molecule has 0 saturated carbocycles. The number of H-pyrrole nitrogens is 1. The number of fused-ring (bicyclic) bond motifs is 1. The normalized spacial score (nSPS) is 11.5. The van der Waals surface area contributed by atoms with Crippen molar-refractivity contribution in [2.24, 2.45) is 0 Å². The van der Waals surface area contributed by atoms with Crippen molar-refractivity contribution in [2.45, 2.75) is 39.5 Å². The predicted octanol–water partition coefficient (Wildman–Crippen LogP) is 3.95. The van der Waals surface area contributed by atoms with Gasteiger partial charge in [0.15, 0.2) is 5.78 Å². The third-order valence-electron chi connectivity index (χ3n) is 4.05. The number of benzene rings is 1. The molecule has 1 aromatic carbocycles. The van der Waals surface area contributed by atoms with E-state index in [1.165, 1.54) is 16.6 Å². The smallest absolute Gasteiger partial charge is 0.162 e. The molecule has 0 unspecified atom stereocenters. The van der Waals surface area contributed by atoms with Crippen molar-refractivity contribution in [3.05, 3.63) is 35.0 Å². The molecule has 3 nitrogen and oxygen atoms in total. The topological polar surface area (TPSA) is 36.1 Å². The third-order valence-corrected chi connectivity index (χ3v) is 4.05. The Labute approximate surface area is 127 Å². The van der Waals surface area contributed by atoms with Gasteiger partial charge < -0.3 is 9.88 Å². The van der Waals surface area contributed by atoms with Gasteiger partial charge in [0.25, 0.3) is 0 Å². The number of ketones is 1. The van der Waals surface area contributed by atoms with Crippen molar-refractivity contribution in [1.82, 2.24) is 9.88 Å². The van der Waals surface area contributed by atoms with E-state index in [0.717, 1.165) is 36.9 Å². The maximum Gasteiger partial charge on any atom is 0.162 e. The molecule has 0 amide bonds. The Morgan fingerprint density at radius 3 is 2.67 bits per heavy atom. The number of hydrogen-bond acceptors (Lipinski definition) is 2. The first kappa shape index (κ1) is 15.8. The molecule has 3 heteroatoms. The number of nitrogens with zero attached hydrogens (tertiary/aromatic N) is 1. The molecular formula is C18H26N2O. The van der Waals surface area contributed by atoms with Crippen LogP contribution < -0.4 is 0 Å². The van der Waals surface area contributed by atoms with Crippen LogP contribution in [0.5, 0.6) is 0 Å². The van der Waals surface area contributed by atoms with Crippen LogP contribution in [-0.2, 0) is 6.42 Å². The fourth-order valence-electron chi connectivity index (χ4n) is 2.87. The predicted molar refractivity (Wildman–Crippen MR) is 89.1 cm³/mol. The number of unbranched alkanes of at least 4 members (excludes halogenated alkanes) is 1. The molecule has 114 valence electrons. The molecule has 0 atom stereocenters. The average molecular weight is 286 g/mol. The van der Waals surface area contributed by atoms with E-state index in [9.17, 15) is 4.79 Å². The summed E-state index contributed by atoms with van der Waals surface area (Å²) < 4.78 is 0. The molecule has 0 fully saturated rings. The number of carbonyl (C=O) groups excluding carboxylic acids is 1. The van der Waals surface area contributed by atoms with Crippen molar-refractivity contribution in [3.63, 3.8) is 0 Å². The Balaban J connectivity index is 2.09. The minimum atomic E-state index is 0.261. The summed E-state index contributed by atoms with van der Waals surface area (Å²) in [6.07, 6.45) is 3.67. The van der Waals surface area contributed by atoms with Crippen LogP contribution in [-0.4, -0.2) is 36.3 Å². The molecule has 0 aliphatic heterocycles. The summed E-state index contributed by atoms with van der Waals surface area (Å²) in [6, 6.07) is 6.05. The van der Waals surface area contributed by atoms with Crippen molar-refractivity contribution < 1.29 is 4.79 Å². The molecule has 0 aliphatic rings. The summed E-state index contributed by atoms with van der Waals surface area (Å²) in [6.45, 7) is 5.30. The molecule has 0 radical (unpaired) electrons. The lowest BCUT2D eigenvalue weighted by Crippen LogP contribution is -2.13. The van der Waals surface area contributed by atoms with Gasteiger partial charge in [0.1, 0.15) is 0 Å². The molecule has 2 rings (SSSR count). The second kappa shape index (κ2) is 6.90. The fraction of sp³-hybridized carbons (Fsp3) is 0.500. The van der Waals surface area contributed by atoms with Crippen molar-refractivity contribution in [3.8, 4) is 0 Å². The standard InChI is InChI=1S/C18H26N2O/c1-5-15-13(2)19-17-10-9-14(12-16(15)17)18(21)8-6-7-11-20(3)4/h9-10,12,19H,5-8,11H2,1-4H3. The van der Waals surface area contributed by atoms with Crippen molar-refractivity contribution in [2.75, 3.05) is 20.6 Å². The first-order valence-electron chi connectivity index (χ1n) is 7.82. The average Bonchev–Trinajstić information content (AvgIpc) is 2.77. The van der Waals surface area contributed by atoms with Gasteiger partial charge in [0.2, 0.25) is 0 Å². The van der Waals surface area contributed by atoms with Crippen LogP contribution >= 0.6 is 0 Å². The Morgan fingerprint density at radius 1 is 1.24 bits per heavy atom. The van der Waals surface area contributed by atoms with E-state index in [1.807, 2.05) is 12.1 Å². The van der Waals surface area contributed by atoms with Gasteiger partial charge in [-0.05, 0) is 70.6 Å². The number of nitrogens with one attached hydrogen (secondary N) is 1. The van der Waals surface area contributed by atoms with Gasteiger partial charge >= 0.3 is 0 Å². The molecule has 2 aromatic rings. The molecule has 0 spiro atoms. The van der Waals surface area contributed by atoms with Gasteiger partial charge in [-0.1, -0.05) is 6.92 Å². The van der Waals surface area contributed by atoms with Crippen LogP contribution in [0.25, 0.3) is 10.9 Å².